The third-order valence-corrected chi connectivity index (χ3v) is 6.22. The van der Waals surface area contributed by atoms with Crippen LogP contribution >= 0.6 is 0 Å². The van der Waals surface area contributed by atoms with Gasteiger partial charge in [-0.1, -0.05) is 70.6 Å². The highest BCUT2D eigenvalue weighted by Gasteiger charge is 2.16. The van der Waals surface area contributed by atoms with Gasteiger partial charge >= 0.3 is 11.7 Å². The minimum Gasteiger partial charge on any atom is -0.469 e. The summed E-state index contributed by atoms with van der Waals surface area (Å²) in [6.07, 6.45) is 15.7. The first-order valence-corrected chi connectivity index (χ1v) is 12.4. The molecule has 9 nitrogen and oxygen atoms in total. The van der Waals surface area contributed by atoms with Crippen LogP contribution < -0.4 is 11.2 Å². The first kappa shape index (κ1) is 26.8. The van der Waals surface area contributed by atoms with Gasteiger partial charge in [0.15, 0.2) is 11.2 Å². The van der Waals surface area contributed by atoms with Crippen molar-refractivity contribution in [3.8, 4) is 0 Å². The van der Waals surface area contributed by atoms with E-state index in [1.54, 1.807) is 11.6 Å². The maximum Gasteiger partial charge on any atom is 0.329 e. The number of fused-ring (bicyclic) bond motifs is 1. The number of nitrogens with one attached hydrogen (secondary N) is 1. The molecule has 2 heterocycles. The van der Waals surface area contributed by atoms with Crippen LogP contribution in [0.5, 0.6) is 0 Å². The maximum absolute atomic E-state index is 12.3. The largest absolute Gasteiger partial charge is 0.469 e. The number of carbonyl (C=O) groups excluding carboxylic acids is 1. The number of methoxy groups -OCH3 is 1. The van der Waals surface area contributed by atoms with E-state index in [0.29, 0.717) is 30.0 Å². The standard InChI is InChI=1S/C24H40N4O5/c1-27-22-21(23(31)26-24(27)32)28(19(18-29)25-22)17-15-13-11-9-7-5-3-4-6-8-10-12-14-16-20(30)33-2/h29H,3-18H2,1-2H3,(H,26,31,32). The number of ether oxygens (including phenoxy) is 1. The third kappa shape index (κ3) is 8.46. The van der Waals surface area contributed by atoms with Crippen LogP contribution in [0.15, 0.2) is 9.59 Å². The molecular weight excluding hydrogens is 424 g/mol. The third-order valence-electron chi connectivity index (χ3n) is 6.22. The lowest BCUT2D eigenvalue weighted by Gasteiger charge is -2.07. The summed E-state index contributed by atoms with van der Waals surface area (Å²) >= 11 is 0. The first-order valence-electron chi connectivity index (χ1n) is 12.4. The number of aromatic nitrogens is 4. The Balaban J connectivity index is 1.54. The summed E-state index contributed by atoms with van der Waals surface area (Å²) in [5.41, 5.74) is -0.294. The number of aromatic amines is 1. The van der Waals surface area contributed by atoms with Gasteiger partial charge < -0.3 is 14.4 Å². The molecule has 9 heteroatoms. The Kier molecular flexibility index (Phi) is 11.9. The van der Waals surface area contributed by atoms with Crippen LogP contribution in [0.4, 0.5) is 0 Å². The Labute approximate surface area is 195 Å². The van der Waals surface area contributed by atoms with Crippen molar-refractivity contribution in [3.05, 3.63) is 26.7 Å². The van der Waals surface area contributed by atoms with E-state index in [1.807, 2.05) is 0 Å². The Hall–Kier alpha value is -2.42. The Bertz CT molecular complexity index is 976. The van der Waals surface area contributed by atoms with Crippen molar-refractivity contribution in [2.75, 3.05) is 7.11 Å². The molecule has 0 spiro atoms. The van der Waals surface area contributed by atoms with E-state index in [2.05, 4.69) is 14.7 Å². The summed E-state index contributed by atoms with van der Waals surface area (Å²) in [6.45, 7) is 0.336. The highest BCUT2D eigenvalue weighted by Crippen LogP contribution is 2.15. The van der Waals surface area contributed by atoms with Crippen LogP contribution in [-0.2, 0) is 29.7 Å². The van der Waals surface area contributed by atoms with Gasteiger partial charge in [-0.3, -0.25) is 19.1 Å². The smallest absolute Gasteiger partial charge is 0.329 e. The SMILES string of the molecule is COC(=O)CCCCCCCCCCCCCCCn1c(CO)nc2c1c(=O)[nH]c(=O)n2C. The molecule has 2 rings (SSSR count). The summed E-state index contributed by atoms with van der Waals surface area (Å²) in [6, 6.07) is 0. The molecule has 0 unspecified atom stereocenters. The minimum atomic E-state index is -0.503. The van der Waals surface area contributed by atoms with Crippen LogP contribution in [0.1, 0.15) is 95.7 Å². The number of rotatable bonds is 17. The van der Waals surface area contributed by atoms with Crippen LogP contribution in [0.25, 0.3) is 11.2 Å². The van der Waals surface area contributed by atoms with E-state index >= 15 is 0 Å². The predicted octanol–water partition coefficient (Wildman–Crippen LogP) is 3.55. The minimum absolute atomic E-state index is 0.108. The molecule has 2 N–H and O–H groups in total. The molecule has 0 aliphatic rings. The summed E-state index contributed by atoms with van der Waals surface area (Å²) in [7, 11) is 3.00. The van der Waals surface area contributed by atoms with Crippen LogP contribution in [0, 0.1) is 0 Å². The number of unbranched alkanes of at least 4 members (excludes halogenated alkanes) is 12. The summed E-state index contributed by atoms with van der Waals surface area (Å²) in [5.74, 6) is 0.309. The number of esters is 1. The monoisotopic (exact) mass is 464 g/mol. The van der Waals surface area contributed by atoms with Gasteiger partial charge in [0.25, 0.3) is 5.56 Å². The Morgan fingerprint density at radius 1 is 0.909 bits per heavy atom. The Morgan fingerprint density at radius 3 is 1.94 bits per heavy atom. The molecule has 0 aliphatic heterocycles. The van der Waals surface area contributed by atoms with Crippen molar-refractivity contribution in [1.29, 1.82) is 0 Å². The number of imidazole rings is 1. The second-order valence-corrected chi connectivity index (χ2v) is 8.75. The fraction of sp³-hybridized carbons (Fsp3) is 0.750. The lowest BCUT2D eigenvalue weighted by molar-refractivity contribution is -0.140. The average Bonchev–Trinajstić information content (AvgIpc) is 3.19. The number of H-pyrrole nitrogens is 1. The fourth-order valence-electron chi connectivity index (χ4n) is 4.23. The zero-order valence-corrected chi connectivity index (χ0v) is 20.2. The molecule has 0 amide bonds. The van der Waals surface area contributed by atoms with Crippen molar-refractivity contribution in [1.82, 2.24) is 19.1 Å². The molecule has 2 aromatic rings. The quantitative estimate of drug-likeness (QED) is 0.273. The molecule has 0 saturated heterocycles. The van der Waals surface area contributed by atoms with Gasteiger partial charge in [-0.05, 0) is 12.8 Å². The Morgan fingerprint density at radius 2 is 1.42 bits per heavy atom. The van der Waals surface area contributed by atoms with E-state index in [-0.39, 0.29) is 12.6 Å². The topological polar surface area (TPSA) is 119 Å². The van der Waals surface area contributed by atoms with Gasteiger partial charge in [0.1, 0.15) is 12.4 Å². The number of aliphatic hydroxyl groups is 1. The number of hydrogen-bond acceptors (Lipinski definition) is 6. The molecule has 0 aliphatic carbocycles. The maximum atomic E-state index is 12.3. The van der Waals surface area contributed by atoms with Crippen LogP contribution in [-0.4, -0.2) is 37.3 Å². The van der Waals surface area contributed by atoms with Gasteiger partial charge in [0.05, 0.1) is 7.11 Å². The van der Waals surface area contributed by atoms with Crippen molar-refractivity contribution in [2.45, 2.75) is 103 Å². The summed E-state index contributed by atoms with van der Waals surface area (Å²) in [4.78, 5) is 41.7. The molecule has 2 aromatic heterocycles. The molecule has 0 radical (unpaired) electrons. The van der Waals surface area contributed by atoms with Crippen molar-refractivity contribution < 1.29 is 14.6 Å². The van der Waals surface area contributed by atoms with Crippen LogP contribution in [0.2, 0.25) is 0 Å². The molecule has 0 saturated carbocycles. The van der Waals surface area contributed by atoms with Gasteiger partial charge in [-0.15, -0.1) is 0 Å². The second-order valence-electron chi connectivity index (χ2n) is 8.75. The molecular formula is C24H40N4O5. The summed E-state index contributed by atoms with van der Waals surface area (Å²) < 4.78 is 7.68. The summed E-state index contributed by atoms with van der Waals surface area (Å²) in [5, 5.41) is 9.62. The lowest BCUT2D eigenvalue weighted by Crippen LogP contribution is -2.29. The number of hydrogen-bond donors (Lipinski definition) is 2. The van der Waals surface area contributed by atoms with E-state index in [4.69, 9.17) is 0 Å². The second kappa shape index (κ2) is 14.7. The van der Waals surface area contributed by atoms with Gasteiger partial charge in [-0.2, -0.15) is 0 Å². The van der Waals surface area contributed by atoms with E-state index in [0.717, 1.165) is 32.1 Å². The number of nitrogens with zero attached hydrogens (tertiary/aromatic N) is 3. The van der Waals surface area contributed by atoms with Crippen molar-refractivity contribution in [3.63, 3.8) is 0 Å². The first-order chi connectivity index (χ1) is 16.0. The van der Waals surface area contributed by atoms with Gasteiger partial charge in [-0.25, -0.2) is 9.78 Å². The lowest BCUT2D eigenvalue weighted by atomic mass is 10.0. The van der Waals surface area contributed by atoms with Gasteiger partial charge in [0, 0.05) is 20.0 Å². The average molecular weight is 465 g/mol. The van der Waals surface area contributed by atoms with E-state index < -0.39 is 11.2 Å². The van der Waals surface area contributed by atoms with Crippen molar-refractivity contribution in [2.24, 2.45) is 7.05 Å². The molecule has 0 fully saturated rings. The zero-order chi connectivity index (χ0) is 24.1. The molecule has 0 atom stereocenters. The predicted molar refractivity (Wildman–Crippen MR) is 128 cm³/mol. The van der Waals surface area contributed by atoms with Crippen molar-refractivity contribution >= 4 is 17.1 Å². The normalized spacial score (nSPS) is 11.4. The number of aryl methyl sites for hydroxylation is 2. The molecule has 186 valence electrons. The van der Waals surface area contributed by atoms with Gasteiger partial charge in [0.2, 0.25) is 0 Å². The fourth-order valence-corrected chi connectivity index (χ4v) is 4.23. The zero-order valence-electron chi connectivity index (χ0n) is 20.2. The molecule has 0 bridgehead atoms. The highest BCUT2D eigenvalue weighted by atomic mass is 16.5. The number of aliphatic hydroxyl groups excluding tert-OH is 1. The van der Waals surface area contributed by atoms with E-state index in [1.165, 1.54) is 63.0 Å². The molecule has 0 aromatic carbocycles. The highest BCUT2D eigenvalue weighted by molar-refractivity contribution is 5.70. The van der Waals surface area contributed by atoms with Crippen LogP contribution in [0.3, 0.4) is 0 Å². The molecule has 33 heavy (non-hydrogen) atoms. The van der Waals surface area contributed by atoms with E-state index in [9.17, 15) is 19.5 Å². The number of carbonyl (C=O) groups is 1.